The summed E-state index contributed by atoms with van der Waals surface area (Å²) in [6.45, 7) is 9.33. The highest BCUT2D eigenvalue weighted by molar-refractivity contribution is 6.29. The molecule has 26 heavy (non-hydrogen) atoms. The van der Waals surface area contributed by atoms with Crippen LogP contribution in [-0.2, 0) is 4.79 Å². The molecule has 144 valence electrons. The van der Waals surface area contributed by atoms with Crippen LogP contribution in [0.4, 0.5) is 5.82 Å². The van der Waals surface area contributed by atoms with Crippen LogP contribution < -0.4 is 10.6 Å². The molecule has 1 aromatic rings. The van der Waals surface area contributed by atoms with E-state index in [1.807, 2.05) is 20.8 Å². The third-order valence-corrected chi connectivity index (χ3v) is 5.01. The average Bonchev–Trinajstić information content (AvgIpc) is 3.37. The number of rotatable bonds is 6. The normalized spacial score (nSPS) is 19.4. The van der Waals surface area contributed by atoms with Gasteiger partial charge in [0.15, 0.2) is 0 Å². The first-order valence-corrected chi connectivity index (χ1v) is 9.98. The van der Waals surface area contributed by atoms with Crippen molar-refractivity contribution in [3.8, 4) is 0 Å². The van der Waals surface area contributed by atoms with Gasteiger partial charge in [-0.05, 0) is 65.5 Å². The largest absolute Gasteiger partial charge is 0.370 e. The Kier molecular flexibility index (Phi) is 6.03. The molecular weight excluding hydrogens is 350 g/mol. The molecule has 2 heterocycles. The van der Waals surface area contributed by atoms with E-state index in [1.165, 1.54) is 12.8 Å². The van der Waals surface area contributed by atoms with Crippen molar-refractivity contribution in [2.24, 2.45) is 5.92 Å². The standard InChI is InChI=1S/C19H30ClN5O/c1-19(2,3)24-17(26)12-25-8-6-13(7-9-25)11-21-16-10-15(20)22-18(23-16)14-4-5-14/h10,13-14H,4-9,11-12H2,1-3H3,(H,24,26)(H,21,22,23). The summed E-state index contributed by atoms with van der Waals surface area (Å²) in [4.78, 5) is 23.2. The zero-order valence-corrected chi connectivity index (χ0v) is 16.8. The molecule has 1 aliphatic heterocycles. The van der Waals surface area contributed by atoms with Crippen LogP contribution in [0.25, 0.3) is 0 Å². The first-order valence-electron chi connectivity index (χ1n) is 9.60. The number of likely N-dealkylation sites (tertiary alicyclic amines) is 1. The van der Waals surface area contributed by atoms with E-state index < -0.39 is 0 Å². The molecule has 7 heteroatoms. The summed E-state index contributed by atoms with van der Waals surface area (Å²) in [5.41, 5.74) is -0.169. The summed E-state index contributed by atoms with van der Waals surface area (Å²) in [5, 5.41) is 6.98. The lowest BCUT2D eigenvalue weighted by molar-refractivity contribution is -0.124. The van der Waals surface area contributed by atoms with Gasteiger partial charge in [0, 0.05) is 24.1 Å². The fraction of sp³-hybridized carbons (Fsp3) is 0.737. The summed E-state index contributed by atoms with van der Waals surface area (Å²) in [6, 6.07) is 1.80. The predicted octanol–water partition coefficient (Wildman–Crippen LogP) is 3.05. The van der Waals surface area contributed by atoms with Gasteiger partial charge in [-0.25, -0.2) is 9.97 Å². The van der Waals surface area contributed by atoms with Crippen molar-refractivity contribution >= 4 is 23.3 Å². The van der Waals surface area contributed by atoms with E-state index in [0.29, 0.717) is 23.5 Å². The molecule has 2 fully saturated rings. The van der Waals surface area contributed by atoms with Crippen molar-refractivity contribution in [1.82, 2.24) is 20.2 Å². The SMILES string of the molecule is CC(C)(C)NC(=O)CN1CCC(CNc2cc(Cl)nc(C3CC3)n2)CC1. The van der Waals surface area contributed by atoms with Gasteiger partial charge in [0.05, 0.1) is 6.54 Å². The molecule has 3 rings (SSSR count). The summed E-state index contributed by atoms with van der Waals surface area (Å²) in [5.74, 6) is 2.91. The Bertz CT molecular complexity index is 633. The Morgan fingerprint density at radius 3 is 2.54 bits per heavy atom. The molecule has 0 bridgehead atoms. The van der Waals surface area contributed by atoms with Crippen molar-refractivity contribution in [3.63, 3.8) is 0 Å². The average molecular weight is 380 g/mol. The molecule has 1 saturated heterocycles. The second-order valence-corrected chi connectivity index (χ2v) is 8.99. The molecule has 1 aliphatic carbocycles. The van der Waals surface area contributed by atoms with E-state index in [0.717, 1.165) is 44.1 Å². The number of aromatic nitrogens is 2. The van der Waals surface area contributed by atoms with Crippen LogP contribution in [0.2, 0.25) is 5.15 Å². The number of amides is 1. The topological polar surface area (TPSA) is 70.2 Å². The number of anilines is 1. The van der Waals surface area contributed by atoms with E-state index in [-0.39, 0.29) is 11.4 Å². The van der Waals surface area contributed by atoms with Crippen LogP contribution in [0.1, 0.15) is 58.2 Å². The minimum Gasteiger partial charge on any atom is -0.370 e. The number of hydrogen-bond donors (Lipinski definition) is 2. The summed E-state index contributed by atoms with van der Waals surface area (Å²) >= 11 is 6.12. The van der Waals surface area contributed by atoms with Gasteiger partial charge >= 0.3 is 0 Å². The maximum absolute atomic E-state index is 12.1. The molecule has 0 unspecified atom stereocenters. The molecule has 1 saturated carbocycles. The lowest BCUT2D eigenvalue weighted by Crippen LogP contribution is -2.47. The summed E-state index contributed by atoms with van der Waals surface area (Å²) in [6.07, 6.45) is 4.51. The number of nitrogens with one attached hydrogen (secondary N) is 2. The first-order chi connectivity index (χ1) is 12.3. The van der Waals surface area contributed by atoms with Crippen LogP contribution in [0.5, 0.6) is 0 Å². The molecule has 0 radical (unpaired) electrons. The van der Waals surface area contributed by atoms with Crippen molar-refractivity contribution in [2.75, 3.05) is 31.5 Å². The Labute approximate surface area is 161 Å². The van der Waals surface area contributed by atoms with E-state index in [9.17, 15) is 4.79 Å². The van der Waals surface area contributed by atoms with E-state index in [1.54, 1.807) is 6.07 Å². The second-order valence-electron chi connectivity index (χ2n) is 8.61. The van der Waals surface area contributed by atoms with Gasteiger partial charge in [-0.15, -0.1) is 0 Å². The van der Waals surface area contributed by atoms with Gasteiger partial charge < -0.3 is 10.6 Å². The van der Waals surface area contributed by atoms with Crippen LogP contribution in [0.15, 0.2) is 6.07 Å². The summed E-state index contributed by atoms with van der Waals surface area (Å²) < 4.78 is 0. The molecule has 1 amide bonds. The fourth-order valence-corrected chi connectivity index (χ4v) is 3.50. The predicted molar refractivity (Wildman–Crippen MR) is 105 cm³/mol. The van der Waals surface area contributed by atoms with Gasteiger partial charge in [0.25, 0.3) is 0 Å². The molecule has 1 aromatic heterocycles. The van der Waals surface area contributed by atoms with Crippen molar-refractivity contribution in [2.45, 2.75) is 57.9 Å². The van der Waals surface area contributed by atoms with Gasteiger partial charge in [0.1, 0.15) is 16.8 Å². The highest BCUT2D eigenvalue weighted by Crippen LogP contribution is 2.38. The molecule has 2 N–H and O–H groups in total. The number of carbonyl (C=O) groups excluding carboxylic acids is 1. The Morgan fingerprint density at radius 2 is 1.92 bits per heavy atom. The Hall–Kier alpha value is -1.40. The minimum absolute atomic E-state index is 0.109. The van der Waals surface area contributed by atoms with Gasteiger partial charge in [0.2, 0.25) is 5.91 Å². The minimum atomic E-state index is -0.169. The zero-order valence-electron chi connectivity index (χ0n) is 16.0. The molecule has 0 spiro atoms. The van der Waals surface area contributed by atoms with Crippen molar-refractivity contribution < 1.29 is 4.79 Å². The van der Waals surface area contributed by atoms with Crippen LogP contribution in [-0.4, -0.2) is 52.5 Å². The second kappa shape index (κ2) is 8.09. The number of hydrogen-bond acceptors (Lipinski definition) is 5. The quantitative estimate of drug-likeness (QED) is 0.743. The van der Waals surface area contributed by atoms with Crippen LogP contribution in [0.3, 0.4) is 0 Å². The van der Waals surface area contributed by atoms with Gasteiger partial charge in [-0.3, -0.25) is 9.69 Å². The maximum Gasteiger partial charge on any atom is 0.234 e. The third-order valence-electron chi connectivity index (χ3n) is 4.82. The van der Waals surface area contributed by atoms with E-state index in [4.69, 9.17) is 11.6 Å². The van der Waals surface area contributed by atoms with Crippen LogP contribution >= 0.6 is 11.6 Å². The number of nitrogens with zero attached hydrogens (tertiary/aromatic N) is 3. The highest BCUT2D eigenvalue weighted by atomic mass is 35.5. The number of piperidine rings is 1. The zero-order chi connectivity index (χ0) is 18.7. The first kappa shape index (κ1) is 19.4. The molecule has 2 aliphatic rings. The molecular formula is C19H30ClN5O. The number of carbonyl (C=O) groups is 1. The van der Waals surface area contributed by atoms with Crippen LogP contribution in [0, 0.1) is 5.92 Å². The Morgan fingerprint density at radius 1 is 1.23 bits per heavy atom. The van der Waals surface area contributed by atoms with Crippen molar-refractivity contribution in [1.29, 1.82) is 0 Å². The summed E-state index contributed by atoms with van der Waals surface area (Å²) in [7, 11) is 0. The molecule has 6 nitrogen and oxygen atoms in total. The number of halogens is 1. The molecule has 0 atom stereocenters. The lowest BCUT2D eigenvalue weighted by atomic mass is 9.96. The Balaban J connectivity index is 1.41. The van der Waals surface area contributed by atoms with Gasteiger partial charge in [-0.2, -0.15) is 0 Å². The van der Waals surface area contributed by atoms with E-state index >= 15 is 0 Å². The molecule has 0 aromatic carbocycles. The maximum atomic E-state index is 12.1. The fourth-order valence-electron chi connectivity index (χ4n) is 3.31. The highest BCUT2D eigenvalue weighted by Gasteiger charge is 2.27. The van der Waals surface area contributed by atoms with E-state index in [2.05, 4.69) is 25.5 Å². The monoisotopic (exact) mass is 379 g/mol. The van der Waals surface area contributed by atoms with Gasteiger partial charge in [-0.1, -0.05) is 11.6 Å². The smallest absolute Gasteiger partial charge is 0.234 e. The third kappa shape index (κ3) is 6.09. The lowest BCUT2D eigenvalue weighted by Gasteiger charge is -2.32. The van der Waals surface area contributed by atoms with Crippen molar-refractivity contribution in [3.05, 3.63) is 17.0 Å².